The fourth-order valence-electron chi connectivity index (χ4n) is 5.75. The van der Waals surface area contributed by atoms with E-state index in [1.165, 1.54) is 55.6 Å². The predicted octanol–water partition coefficient (Wildman–Crippen LogP) is 6.17. The molecule has 45 heavy (non-hydrogen) atoms. The van der Waals surface area contributed by atoms with Gasteiger partial charge in [0.2, 0.25) is 0 Å². The summed E-state index contributed by atoms with van der Waals surface area (Å²) < 4.78 is 2.20. The first-order valence-corrected chi connectivity index (χ1v) is 16.4. The van der Waals surface area contributed by atoms with E-state index < -0.39 is 0 Å². The normalized spacial score (nSPS) is 13.3. The lowest BCUT2D eigenvalue weighted by Crippen LogP contribution is -2.46. The Morgan fingerprint density at radius 1 is 0.511 bits per heavy atom. The Bertz CT molecular complexity index is 1060. The maximum absolute atomic E-state index is 5.66. The van der Waals surface area contributed by atoms with Crippen LogP contribution in [0.25, 0.3) is 0 Å². The van der Waals surface area contributed by atoms with Crippen LogP contribution in [0.1, 0.15) is 42.4 Å². The third kappa shape index (κ3) is 20.3. The summed E-state index contributed by atoms with van der Waals surface area (Å²) in [7, 11) is 8.80. The van der Waals surface area contributed by atoms with Crippen LogP contribution in [0.2, 0.25) is 0 Å². The van der Waals surface area contributed by atoms with Crippen molar-refractivity contribution < 1.29 is 8.97 Å². The Kier molecular flexibility index (Phi) is 25.5. The minimum atomic E-state index is 0. The zero-order valence-electron chi connectivity index (χ0n) is 28.6. The maximum Gasteiger partial charge on any atom is 0.104 e. The van der Waals surface area contributed by atoms with Crippen LogP contribution in [0.5, 0.6) is 0 Å². The van der Waals surface area contributed by atoms with Gasteiger partial charge in [0.1, 0.15) is 13.1 Å². The van der Waals surface area contributed by atoms with Crippen LogP contribution < -0.4 is 21.7 Å². The molecule has 2 atom stereocenters. The highest BCUT2D eigenvalue weighted by atomic mass is 79.9. The molecule has 8 heteroatoms. The molecule has 0 aromatic heterocycles. The molecule has 3 rings (SSSR count). The number of rotatable bonds is 21. The van der Waals surface area contributed by atoms with Crippen molar-refractivity contribution in [3.05, 3.63) is 108 Å². The Labute approximate surface area is 296 Å². The zero-order valence-corrected chi connectivity index (χ0v) is 32.0. The summed E-state index contributed by atoms with van der Waals surface area (Å²) in [6.45, 7) is 12.0. The number of hydrogen-bond donors (Lipinski definition) is 4. The molecule has 254 valence electrons. The first-order valence-electron chi connectivity index (χ1n) is 16.4. The molecule has 0 aliphatic carbocycles. The number of nitrogens with one attached hydrogen (secondary N) is 3. The molecule has 3 aromatic carbocycles. The first-order chi connectivity index (χ1) is 20.9. The summed E-state index contributed by atoms with van der Waals surface area (Å²) in [6.07, 6.45) is 4.74. The van der Waals surface area contributed by atoms with Gasteiger partial charge in [0, 0.05) is 63.0 Å². The van der Waals surface area contributed by atoms with E-state index in [1.807, 2.05) is 14.1 Å². The lowest BCUT2D eigenvalue weighted by atomic mass is 10.1. The fraction of sp³-hybridized carbons (Fsp3) is 0.514. The quantitative estimate of drug-likeness (QED) is 0.0778. The van der Waals surface area contributed by atoms with Crippen molar-refractivity contribution in [1.82, 2.24) is 16.0 Å². The van der Waals surface area contributed by atoms with E-state index in [9.17, 15) is 0 Å². The topological polar surface area (TPSA) is 62.1 Å². The van der Waals surface area contributed by atoms with Crippen LogP contribution in [-0.4, -0.2) is 89.5 Å². The standard InChI is InChI=1S/C22H34N3.C15H28N3.2BrH/c1-23-15-9-17-25(2,20-22-13-7-4-8-14-22)18-10-16-24-19-21-11-5-3-6-12-21;1-17-11-7-13-18(2,12-6-10-16)14-15-8-4-3-5-9-15;;/h3-8,11-14,23-24H,9-10,15-20H2,1-2H3;3-5,8-9,17H,6-7,10-14,16H2,1-2H3;2*1H/q2*+1;;. The minimum Gasteiger partial charge on any atom is -0.330 e. The third-order valence-electron chi connectivity index (χ3n) is 8.19. The summed E-state index contributed by atoms with van der Waals surface area (Å²) in [4.78, 5) is 0. The van der Waals surface area contributed by atoms with E-state index in [0.717, 1.165) is 67.7 Å². The van der Waals surface area contributed by atoms with E-state index in [-0.39, 0.29) is 34.0 Å². The van der Waals surface area contributed by atoms with Crippen LogP contribution in [0.4, 0.5) is 0 Å². The molecular weight excluding hydrogens is 688 g/mol. The molecule has 0 saturated heterocycles. The third-order valence-corrected chi connectivity index (χ3v) is 8.19. The Morgan fingerprint density at radius 2 is 0.867 bits per heavy atom. The summed E-state index contributed by atoms with van der Waals surface area (Å²) >= 11 is 0. The number of benzene rings is 3. The van der Waals surface area contributed by atoms with E-state index in [2.05, 4.69) is 121 Å². The van der Waals surface area contributed by atoms with Crippen molar-refractivity contribution in [3.63, 3.8) is 0 Å². The van der Waals surface area contributed by atoms with Gasteiger partial charge in [0.05, 0.1) is 40.3 Å². The van der Waals surface area contributed by atoms with Crippen molar-refractivity contribution in [3.8, 4) is 0 Å². The van der Waals surface area contributed by atoms with E-state index >= 15 is 0 Å². The lowest BCUT2D eigenvalue weighted by molar-refractivity contribution is -0.922. The SMILES string of the molecule is Br.Br.CNCCC[N+](C)(CCCN)Cc1ccccc1.CNCCC[N+](C)(CCCNCc1ccccc1)Cc1ccccc1. The van der Waals surface area contributed by atoms with E-state index in [1.54, 1.807) is 0 Å². The van der Waals surface area contributed by atoms with Crippen molar-refractivity contribution in [2.75, 3.05) is 80.5 Å². The van der Waals surface area contributed by atoms with Crippen LogP contribution in [-0.2, 0) is 19.6 Å². The molecule has 3 aromatic rings. The van der Waals surface area contributed by atoms with Gasteiger partial charge in [-0.1, -0.05) is 91.0 Å². The van der Waals surface area contributed by atoms with Crippen LogP contribution in [0.3, 0.4) is 0 Å². The Hall–Kier alpha value is -1.62. The first kappa shape index (κ1) is 43.4. The van der Waals surface area contributed by atoms with Crippen LogP contribution in [0, 0.1) is 0 Å². The summed E-state index contributed by atoms with van der Waals surface area (Å²) in [5.41, 5.74) is 9.88. The molecule has 0 heterocycles. The predicted molar refractivity (Wildman–Crippen MR) is 206 cm³/mol. The van der Waals surface area contributed by atoms with Crippen molar-refractivity contribution in [2.24, 2.45) is 5.73 Å². The molecule has 0 amide bonds. The molecule has 0 aliphatic rings. The van der Waals surface area contributed by atoms with Gasteiger partial charge in [0.15, 0.2) is 0 Å². The monoisotopic (exact) mass is 750 g/mol. The maximum atomic E-state index is 5.66. The van der Waals surface area contributed by atoms with Gasteiger partial charge in [-0.2, -0.15) is 0 Å². The molecule has 0 aliphatic heterocycles. The highest BCUT2D eigenvalue weighted by Crippen LogP contribution is 2.15. The Balaban J connectivity index is 0.000000865. The molecule has 6 nitrogen and oxygen atoms in total. The highest BCUT2D eigenvalue weighted by Gasteiger charge is 2.22. The number of quaternary nitrogens is 2. The average molecular weight is 753 g/mol. The summed E-state index contributed by atoms with van der Waals surface area (Å²) in [6, 6.07) is 32.3. The largest absolute Gasteiger partial charge is 0.330 e. The van der Waals surface area contributed by atoms with Crippen molar-refractivity contribution >= 4 is 34.0 Å². The van der Waals surface area contributed by atoms with Gasteiger partial charge >= 0.3 is 0 Å². The van der Waals surface area contributed by atoms with Gasteiger partial charge in [-0.25, -0.2) is 0 Å². The van der Waals surface area contributed by atoms with Gasteiger partial charge < -0.3 is 30.7 Å². The van der Waals surface area contributed by atoms with E-state index in [4.69, 9.17) is 5.73 Å². The number of halogens is 2. The minimum absolute atomic E-state index is 0. The molecule has 0 saturated carbocycles. The van der Waals surface area contributed by atoms with Crippen molar-refractivity contribution in [2.45, 2.75) is 45.3 Å². The second-order valence-electron chi connectivity index (χ2n) is 12.5. The van der Waals surface area contributed by atoms with Gasteiger partial charge in [-0.3, -0.25) is 0 Å². The molecule has 0 fully saturated rings. The Morgan fingerprint density at radius 3 is 1.24 bits per heavy atom. The smallest absolute Gasteiger partial charge is 0.104 e. The summed E-state index contributed by atoms with van der Waals surface area (Å²) in [5, 5.41) is 10.1. The zero-order chi connectivity index (χ0) is 31.1. The fourth-order valence-corrected chi connectivity index (χ4v) is 5.75. The highest BCUT2D eigenvalue weighted by molar-refractivity contribution is 8.93. The molecule has 0 bridgehead atoms. The molecule has 2 unspecified atom stereocenters. The molecule has 5 N–H and O–H groups in total. The van der Waals surface area contributed by atoms with Crippen LogP contribution in [0.15, 0.2) is 91.0 Å². The number of nitrogens with two attached hydrogens (primary N) is 1. The lowest BCUT2D eigenvalue weighted by Gasteiger charge is -2.35. The number of hydrogen-bond acceptors (Lipinski definition) is 4. The van der Waals surface area contributed by atoms with E-state index in [0.29, 0.717) is 0 Å². The van der Waals surface area contributed by atoms with Gasteiger partial charge in [0.25, 0.3) is 0 Å². The molecular formula is C37H64Br2N6+2. The second-order valence-corrected chi connectivity index (χ2v) is 12.5. The van der Waals surface area contributed by atoms with Gasteiger partial charge in [-0.05, 0) is 26.2 Å². The van der Waals surface area contributed by atoms with Crippen molar-refractivity contribution in [1.29, 1.82) is 0 Å². The van der Waals surface area contributed by atoms with Crippen LogP contribution >= 0.6 is 34.0 Å². The molecule has 0 spiro atoms. The summed E-state index contributed by atoms with van der Waals surface area (Å²) in [5.74, 6) is 0. The molecule has 0 radical (unpaired) electrons. The second kappa shape index (κ2) is 26.4. The van der Waals surface area contributed by atoms with Gasteiger partial charge in [-0.15, -0.1) is 34.0 Å². The average Bonchev–Trinajstić information content (AvgIpc) is 3.02. The number of nitrogens with zero attached hydrogens (tertiary/aromatic N) is 2.